The molecule has 3 aromatic rings. The summed E-state index contributed by atoms with van der Waals surface area (Å²) in [6.07, 6.45) is 0. The van der Waals surface area contributed by atoms with Crippen molar-refractivity contribution in [2.24, 2.45) is 10.2 Å². The van der Waals surface area contributed by atoms with Gasteiger partial charge in [0.2, 0.25) is 0 Å². The van der Waals surface area contributed by atoms with Gasteiger partial charge in [-0.25, -0.2) is 0 Å². The van der Waals surface area contributed by atoms with E-state index in [1.54, 1.807) is 0 Å². The van der Waals surface area contributed by atoms with Crippen LogP contribution in [0.15, 0.2) is 83.0 Å². The Balaban J connectivity index is 1.74. The van der Waals surface area contributed by atoms with Crippen LogP contribution in [-0.4, -0.2) is 24.5 Å². The first-order valence-electron chi connectivity index (χ1n) is 9.67. The zero-order valence-corrected chi connectivity index (χ0v) is 16.7. The first kappa shape index (κ1) is 18.2. The molecule has 0 saturated heterocycles. The summed E-state index contributed by atoms with van der Waals surface area (Å²) in [6.45, 7) is 7.77. The molecule has 0 atom stereocenters. The molecule has 140 valence electrons. The van der Waals surface area contributed by atoms with E-state index in [0.717, 1.165) is 35.6 Å². The molecule has 0 aliphatic carbocycles. The highest BCUT2D eigenvalue weighted by molar-refractivity contribution is 6.09. The minimum absolute atomic E-state index is 0.727. The molecule has 0 bridgehead atoms. The standard InChI is InChI=1S/C25H25N3/c1-18-4-10-21(11-5-18)24-16-28(23-14-8-20(3)9-15-23)17-25(27-26-24)22-12-6-19(2)7-13-22/h4-15H,16-17H2,1-3H3. The molecule has 0 aromatic heterocycles. The van der Waals surface area contributed by atoms with Crippen molar-refractivity contribution < 1.29 is 0 Å². The Kier molecular flexibility index (Phi) is 5.07. The lowest BCUT2D eigenvalue weighted by atomic mass is 10.1. The first-order chi connectivity index (χ1) is 13.6. The number of anilines is 1. The number of aryl methyl sites for hydroxylation is 3. The van der Waals surface area contributed by atoms with Gasteiger partial charge in [-0.3, -0.25) is 0 Å². The van der Waals surface area contributed by atoms with Crippen molar-refractivity contribution in [2.75, 3.05) is 18.0 Å². The van der Waals surface area contributed by atoms with Crippen molar-refractivity contribution >= 4 is 17.1 Å². The van der Waals surface area contributed by atoms with Gasteiger partial charge in [0, 0.05) is 5.69 Å². The van der Waals surface area contributed by atoms with Crippen molar-refractivity contribution in [3.05, 3.63) is 101 Å². The van der Waals surface area contributed by atoms with Gasteiger partial charge in [-0.05, 0) is 44.0 Å². The first-order valence-corrected chi connectivity index (χ1v) is 9.67. The normalized spacial score (nSPS) is 14.3. The molecule has 28 heavy (non-hydrogen) atoms. The summed E-state index contributed by atoms with van der Waals surface area (Å²) >= 11 is 0. The second-order valence-corrected chi connectivity index (χ2v) is 7.52. The molecule has 3 heteroatoms. The lowest BCUT2D eigenvalue weighted by Gasteiger charge is -2.24. The molecular formula is C25H25N3. The molecule has 1 aliphatic heterocycles. The Hall–Kier alpha value is -3.20. The maximum absolute atomic E-state index is 4.66. The van der Waals surface area contributed by atoms with E-state index in [1.807, 2.05) is 0 Å². The third-order valence-electron chi connectivity index (χ3n) is 5.14. The molecule has 0 saturated carbocycles. The van der Waals surface area contributed by atoms with Gasteiger partial charge in [0.25, 0.3) is 0 Å². The van der Waals surface area contributed by atoms with Crippen molar-refractivity contribution in [2.45, 2.75) is 20.8 Å². The van der Waals surface area contributed by atoms with Gasteiger partial charge in [-0.15, -0.1) is 0 Å². The summed E-state index contributed by atoms with van der Waals surface area (Å²) in [4.78, 5) is 2.35. The lowest BCUT2D eigenvalue weighted by Crippen LogP contribution is -2.33. The van der Waals surface area contributed by atoms with Crippen LogP contribution in [0, 0.1) is 20.8 Å². The molecule has 0 N–H and O–H groups in total. The van der Waals surface area contributed by atoms with Crippen LogP contribution in [-0.2, 0) is 0 Å². The fraction of sp³-hybridized carbons (Fsp3) is 0.200. The van der Waals surface area contributed by atoms with E-state index in [-0.39, 0.29) is 0 Å². The maximum Gasteiger partial charge on any atom is 0.0896 e. The van der Waals surface area contributed by atoms with Gasteiger partial charge in [0.05, 0.1) is 24.5 Å². The van der Waals surface area contributed by atoms with Crippen LogP contribution in [0.1, 0.15) is 27.8 Å². The van der Waals surface area contributed by atoms with E-state index in [1.165, 1.54) is 22.4 Å². The van der Waals surface area contributed by atoms with Crippen LogP contribution in [0.4, 0.5) is 5.69 Å². The highest BCUT2D eigenvalue weighted by atomic mass is 15.3. The van der Waals surface area contributed by atoms with E-state index in [4.69, 9.17) is 0 Å². The molecule has 3 aromatic carbocycles. The Morgan fingerprint density at radius 1 is 0.536 bits per heavy atom. The average molecular weight is 367 g/mol. The molecule has 0 spiro atoms. The topological polar surface area (TPSA) is 28.0 Å². The third-order valence-corrected chi connectivity index (χ3v) is 5.14. The Bertz CT molecular complexity index is 947. The van der Waals surface area contributed by atoms with Crippen molar-refractivity contribution in [1.29, 1.82) is 0 Å². The van der Waals surface area contributed by atoms with Gasteiger partial charge in [-0.2, -0.15) is 10.2 Å². The molecule has 0 amide bonds. The fourth-order valence-electron chi connectivity index (χ4n) is 3.33. The van der Waals surface area contributed by atoms with Crippen molar-refractivity contribution in [3.8, 4) is 0 Å². The van der Waals surface area contributed by atoms with Crippen LogP contribution in [0.2, 0.25) is 0 Å². The molecular weight excluding hydrogens is 342 g/mol. The van der Waals surface area contributed by atoms with E-state index in [9.17, 15) is 0 Å². The van der Waals surface area contributed by atoms with Crippen LogP contribution in [0.25, 0.3) is 0 Å². The third kappa shape index (κ3) is 4.04. The fourth-order valence-corrected chi connectivity index (χ4v) is 3.33. The summed E-state index contributed by atoms with van der Waals surface area (Å²) in [7, 11) is 0. The summed E-state index contributed by atoms with van der Waals surface area (Å²) < 4.78 is 0. The molecule has 0 radical (unpaired) electrons. The van der Waals surface area contributed by atoms with Gasteiger partial charge in [0.1, 0.15) is 0 Å². The molecule has 1 heterocycles. The Labute approximate surface area is 167 Å². The average Bonchev–Trinajstić information content (AvgIpc) is 2.93. The number of hydrogen-bond donors (Lipinski definition) is 0. The smallest absolute Gasteiger partial charge is 0.0896 e. The minimum atomic E-state index is 0.727. The van der Waals surface area contributed by atoms with Crippen LogP contribution < -0.4 is 4.90 Å². The second kappa shape index (κ2) is 7.81. The van der Waals surface area contributed by atoms with Crippen molar-refractivity contribution in [1.82, 2.24) is 0 Å². The van der Waals surface area contributed by atoms with E-state index >= 15 is 0 Å². The number of rotatable bonds is 3. The van der Waals surface area contributed by atoms with Crippen LogP contribution >= 0.6 is 0 Å². The number of benzene rings is 3. The van der Waals surface area contributed by atoms with Crippen LogP contribution in [0.5, 0.6) is 0 Å². The number of hydrogen-bond acceptors (Lipinski definition) is 3. The van der Waals surface area contributed by atoms with Gasteiger partial charge in [-0.1, -0.05) is 77.4 Å². The molecule has 4 rings (SSSR count). The van der Waals surface area contributed by atoms with Crippen LogP contribution in [0.3, 0.4) is 0 Å². The molecule has 3 nitrogen and oxygen atoms in total. The summed E-state index contributed by atoms with van der Waals surface area (Å²) in [5.74, 6) is 0. The number of nitrogens with zero attached hydrogens (tertiary/aromatic N) is 3. The second-order valence-electron chi connectivity index (χ2n) is 7.52. The van der Waals surface area contributed by atoms with E-state index in [2.05, 4.69) is 109 Å². The SMILES string of the molecule is Cc1ccc(C2=NN=C(c3ccc(C)cc3)CN(c3ccc(C)cc3)C2)cc1. The predicted octanol–water partition coefficient (Wildman–Crippen LogP) is 5.33. The van der Waals surface area contributed by atoms with Gasteiger partial charge >= 0.3 is 0 Å². The monoisotopic (exact) mass is 367 g/mol. The highest BCUT2D eigenvalue weighted by Crippen LogP contribution is 2.20. The Morgan fingerprint density at radius 2 is 0.893 bits per heavy atom. The van der Waals surface area contributed by atoms with E-state index in [0.29, 0.717) is 0 Å². The van der Waals surface area contributed by atoms with Crippen molar-refractivity contribution in [3.63, 3.8) is 0 Å². The largest absolute Gasteiger partial charge is 0.360 e. The van der Waals surface area contributed by atoms with Gasteiger partial charge < -0.3 is 4.90 Å². The molecule has 0 fully saturated rings. The lowest BCUT2D eigenvalue weighted by molar-refractivity contribution is 1.01. The summed E-state index contributed by atoms with van der Waals surface area (Å²) in [5.41, 5.74) is 9.17. The summed E-state index contributed by atoms with van der Waals surface area (Å²) in [5, 5.41) is 9.32. The predicted molar refractivity (Wildman–Crippen MR) is 119 cm³/mol. The minimum Gasteiger partial charge on any atom is -0.360 e. The zero-order valence-electron chi connectivity index (χ0n) is 16.7. The van der Waals surface area contributed by atoms with Gasteiger partial charge in [0.15, 0.2) is 0 Å². The quantitative estimate of drug-likeness (QED) is 0.615. The Morgan fingerprint density at radius 3 is 1.29 bits per heavy atom. The highest BCUT2D eigenvalue weighted by Gasteiger charge is 2.19. The van der Waals surface area contributed by atoms with E-state index < -0.39 is 0 Å². The summed E-state index contributed by atoms with van der Waals surface area (Å²) in [6, 6.07) is 25.7. The zero-order chi connectivity index (χ0) is 19.5. The molecule has 1 aliphatic rings. The maximum atomic E-state index is 4.66. The molecule has 0 unspecified atom stereocenters.